The number of ether oxygens (including phenoxy) is 1. The van der Waals surface area contributed by atoms with Gasteiger partial charge in [-0.3, -0.25) is 4.90 Å². The largest absolute Gasteiger partial charge is 0.383 e. The molecule has 1 aliphatic heterocycles. The predicted molar refractivity (Wildman–Crippen MR) is 77.1 cm³/mol. The minimum atomic E-state index is 0.506. The van der Waals surface area contributed by atoms with Crippen molar-refractivity contribution in [2.75, 3.05) is 53.5 Å². The van der Waals surface area contributed by atoms with Gasteiger partial charge in [-0.2, -0.15) is 0 Å². The van der Waals surface area contributed by atoms with Crippen molar-refractivity contribution in [3.05, 3.63) is 0 Å². The highest BCUT2D eigenvalue weighted by atomic mass is 16.5. The monoisotopic (exact) mass is 257 g/mol. The summed E-state index contributed by atoms with van der Waals surface area (Å²) in [5, 5.41) is 3.47. The zero-order chi connectivity index (χ0) is 13.4. The zero-order valence-electron chi connectivity index (χ0n) is 12.6. The van der Waals surface area contributed by atoms with Gasteiger partial charge in [-0.25, -0.2) is 0 Å². The second-order valence-electron chi connectivity index (χ2n) is 5.33. The van der Waals surface area contributed by atoms with Crippen LogP contribution in [0.25, 0.3) is 0 Å². The molecule has 0 saturated carbocycles. The Kier molecular flexibility index (Phi) is 7.82. The number of likely N-dealkylation sites (N-methyl/N-ethyl adjacent to an activating group) is 2. The minimum Gasteiger partial charge on any atom is -0.383 e. The molecule has 0 aromatic rings. The maximum Gasteiger partial charge on any atom is 0.0630 e. The molecule has 0 amide bonds. The van der Waals surface area contributed by atoms with Crippen LogP contribution in [-0.2, 0) is 4.74 Å². The third kappa shape index (κ3) is 4.84. The van der Waals surface area contributed by atoms with Crippen LogP contribution in [0.4, 0.5) is 0 Å². The molecule has 0 aliphatic carbocycles. The first-order valence-corrected chi connectivity index (χ1v) is 7.36. The highest BCUT2D eigenvalue weighted by Crippen LogP contribution is 2.15. The maximum atomic E-state index is 5.42. The number of nitrogens with zero attached hydrogens (tertiary/aromatic N) is 2. The van der Waals surface area contributed by atoms with Crippen LogP contribution in [-0.4, -0.2) is 75.4 Å². The Morgan fingerprint density at radius 2 is 2.11 bits per heavy atom. The first kappa shape index (κ1) is 15.9. The van der Waals surface area contributed by atoms with E-state index in [0.717, 1.165) is 19.7 Å². The van der Waals surface area contributed by atoms with Gasteiger partial charge in [0.25, 0.3) is 0 Å². The Morgan fingerprint density at radius 3 is 2.72 bits per heavy atom. The molecular formula is C14H31N3O. The van der Waals surface area contributed by atoms with Crippen LogP contribution < -0.4 is 5.32 Å². The molecule has 1 heterocycles. The third-order valence-electron chi connectivity index (χ3n) is 3.88. The van der Waals surface area contributed by atoms with Crippen molar-refractivity contribution in [3.63, 3.8) is 0 Å². The fourth-order valence-corrected chi connectivity index (χ4v) is 2.88. The van der Waals surface area contributed by atoms with E-state index in [0.29, 0.717) is 12.1 Å². The Labute approximate surface area is 113 Å². The van der Waals surface area contributed by atoms with Crippen LogP contribution >= 0.6 is 0 Å². The molecule has 4 heteroatoms. The van der Waals surface area contributed by atoms with Crippen molar-refractivity contribution >= 4 is 0 Å². The van der Waals surface area contributed by atoms with E-state index < -0.39 is 0 Å². The lowest BCUT2D eigenvalue weighted by molar-refractivity contribution is 0.0595. The molecule has 0 bridgehead atoms. The van der Waals surface area contributed by atoms with Crippen molar-refractivity contribution in [3.8, 4) is 0 Å². The van der Waals surface area contributed by atoms with Crippen LogP contribution in [0.5, 0.6) is 0 Å². The summed E-state index contributed by atoms with van der Waals surface area (Å²) in [4.78, 5) is 5.13. The number of methoxy groups -OCH3 is 1. The summed E-state index contributed by atoms with van der Waals surface area (Å²) < 4.78 is 5.42. The van der Waals surface area contributed by atoms with Crippen LogP contribution in [0.3, 0.4) is 0 Å². The van der Waals surface area contributed by atoms with Crippen LogP contribution in [0, 0.1) is 0 Å². The van der Waals surface area contributed by atoms with Gasteiger partial charge in [-0.05, 0) is 33.0 Å². The molecule has 18 heavy (non-hydrogen) atoms. The first-order chi connectivity index (χ1) is 8.72. The number of nitrogens with one attached hydrogen (secondary N) is 1. The van der Waals surface area contributed by atoms with Crippen molar-refractivity contribution in [2.45, 2.75) is 38.8 Å². The number of rotatable bonds is 7. The zero-order valence-corrected chi connectivity index (χ0v) is 12.6. The fourth-order valence-electron chi connectivity index (χ4n) is 2.88. The van der Waals surface area contributed by atoms with Gasteiger partial charge in [0.2, 0.25) is 0 Å². The molecule has 1 rings (SSSR count). The van der Waals surface area contributed by atoms with Crippen molar-refractivity contribution in [2.24, 2.45) is 0 Å². The molecule has 1 aliphatic rings. The smallest absolute Gasteiger partial charge is 0.0630 e. The van der Waals surface area contributed by atoms with Gasteiger partial charge in [0.05, 0.1) is 6.61 Å². The Morgan fingerprint density at radius 1 is 1.33 bits per heavy atom. The second kappa shape index (κ2) is 8.86. The molecule has 0 aromatic carbocycles. The van der Waals surface area contributed by atoms with E-state index in [2.05, 4.69) is 36.0 Å². The lowest BCUT2D eigenvalue weighted by Gasteiger charge is -2.37. The van der Waals surface area contributed by atoms with Gasteiger partial charge in [0.1, 0.15) is 0 Å². The quantitative estimate of drug-likeness (QED) is 0.737. The van der Waals surface area contributed by atoms with Crippen molar-refractivity contribution in [1.82, 2.24) is 15.1 Å². The molecule has 4 nitrogen and oxygen atoms in total. The average Bonchev–Trinajstić information content (AvgIpc) is 2.56. The molecule has 1 fully saturated rings. The summed E-state index contributed by atoms with van der Waals surface area (Å²) in [6, 6.07) is 1.17. The third-order valence-corrected chi connectivity index (χ3v) is 3.88. The molecule has 1 N–H and O–H groups in total. The summed E-state index contributed by atoms with van der Waals surface area (Å²) in [5.41, 5.74) is 0. The summed E-state index contributed by atoms with van der Waals surface area (Å²) in [7, 11) is 4.05. The lowest BCUT2D eigenvalue weighted by Crippen LogP contribution is -2.51. The lowest BCUT2D eigenvalue weighted by atomic mass is 10.1. The van der Waals surface area contributed by atoms with Gasteiger partial charge in [0.15, 0.2) is 0 Å². The fraction of sp³-hybridized carbons (Fsp3) is 1.00. The summed E-state index contributed by atoms with van der Waals surface area (Å²) in [6.07, 6.45) is 2.48. The Balaban J connectivity index is 2.65. The van der Waals surface area contributed by atoms with E-state index in [4.69, 9.17) is 4.74 Å². The van der Waals surface area contributed by atoms with Gasteiger partial charge < -0.3 is 15.0 Å². The highest BCUT2D eigenvalue weighted by Gasteiger charge is 2.27. The second-order valence-corrected chi connectivity index (χ2v) is 5.33. The summed E-state index contributed by atoms with van der Waals surface area (Å²) in [6.45, 7) is 11.0. The van der Waals surface area contributed by atoms with Gasteiger partial charge in [0, 0.05) is 38.8 Å². The molecule has 2 unspecified atom stereocenters. The van der Waals surface area contributed by atoms with Crippen molar-refractivity contribution < 1.29 is 4.74 Å². The number of hydrogen-bond donors (Lipinski definition) is 1. The van der Waals surface area contributed by atoms with E-state index in [9.17, 15) is 0 Å². The summed E-state index contributed by atoms with van der Waals surface area (Å²) >= 11 is 0. The molecule has 2 atom stereocenters. The average molecular weight is 257 g/mol. The molecule has 0 radical (unpaired) electrons. The van der Waals surface area contributed by atoms with Crippen LogP contribution in [0.2, 0.25) is 0 Å². The molecule has 0 spiro atoms. The minimum absolute atomic E-state index is 0.506. The van der Waals surface area contributed by atoms with Crippen molar-refractivity contribution in [1.29, 1.82) is 0 Å². The Hall–Kier alpha value is -0.160. The Bertz CT molecular complexity index is 213. The predicted octanol–water partition coefficient (Wildman–Crippen LogP) is 1.03. The SMILES string of the molecule is CCNCC(COC)N1CCCN(C)CC1CC. The van der Waals surface area contributed by atoms with E-state index in [1.807, 2.05) is 7.11 Å². The maximum absolute atomic E-state index is 5.42. The topological polar surface area (TPSA) is 27.7 Å². The number of hydrogen-bond acceptors (Lipinski definition) is 4. The first-order valence-electron chi connectivity index (χ1n) is 7.36. The molecule has 108 valence electrons. The van der Waals surface area contributed by atoms with Gasteiger partial charge in [-0.1, -0.05) is 13.8 Å². The van der Waals surface area contributed by atoms with E-state index in [-0.39, 0.29) is 0 Å². The van der Waals surface area contributed by atoms with Gasteiger partial charge >= 0.3 is 0 Å². The van der Waals surface area contributed by atoms with Crippen LogP contribution in [0.1, 0.15) is 26.7 Å². The standard InChI is InChI=1S/C14H31N3O/c1-5-13-11-16(3)8-7-9-17(13)14(12-18-4)10-15-6-2/h13-15H,5-12H2,1-4H3. The molecule has 1 saturated heterocycles. The van der Waals surface area contributed by atoms with Crippen LogP contribution in [0.15, 0.2) is 0 Å². The highest BCUT2D eigenvalue weighted by molar-refractivity contribution is 4.84. The molecule has 0 aromatic heterocycles. The summed E-state index contributed by atoms with van der Waals surface area (Å²) in [5.74, 6) is 0. The van der Waals surface area contributed by atoms with E-state index >= 15 is 0 Å². The van der Waals surface area contributed by atoms with E-state index in [1.54, 1.807) is 0 Å². The normalized spacial score (nSPS) is 25.0. The van der Waals surface area contributed by atoms with E-state index in [1.165, 1.54) is 32.5 Å². The van der Waals surface area contributed by atoms with Gasteiger partial charge in [-0.15, -0.1) is 0 Å². The molecular weight excluding hydrogens is 226 g/mol.